The van der Waals surface area contributed by atoms with Crippen LogP contribution >= 0.6 is 0 Å². The van der Waals surface area contributed by atoms with E-state index >= 15 is 0 Å². The number of carboxylic acids is 1. The maximum absolute atomic E-state index is 12.3. The highest BCUT2D eigenvalue weighted by Crippen LogP contribution is 2.31. The molecule has 22 heavy (non-hydrogen) atoms. The number of aliphatic carboxylic acids is 1. The van der Waals surface area contributed by atoms with E-state index in [9.17, 15) is 18.4 Å². The molecule has 0 saturated carbocycles. The van der Waals surface area contributed by atoms with Gasteiger partial charge in [-0.2, -0.15) is 8.78 Å². The van der Waals surface area contributed by atoms with Crippen molar-refractivity contribution in [2.75, 3.05) is 13.1 Å². The molecule has 1 aromatic rings. The van der Waals surface area contributed by atoms with E-state index in [4.69, 9.17) is 5.11 Å². The molecule has 120 valence electrons. The molecule has 1 unspecified atom stereocenters. The molecule has 1 aliphatic heterocycles. The van der Waals surface area contributed by atoms with Crippen LogP contribution < -0.4 is 4.74 Å². The summed E-state index contributed by atoms with van der Waals surface area (Å²) in [6, 6.07) is 6.09. The lowest BCUT2D eigenvalue weighted by atomic mass is 9.90. The van der Waals surface area contributed by atoms with E-state index in [2.05, 4.69) is 4.74 Å². The fourth-order valence-electron chi connectivity index (χ4n) is 2.48. The summed E-state index contributed by atoms with van der Waals surface area (Å²) in [5.41, 5.74) is -0.592. The Labute approximate surface area is 126 Å². The maximum Gasteiger partial charge on any atom is 0.387 e. The predicted octanol–water partition coefficient (Wildman–Crippen LogP) is 2.15. The van der Waals surface area contributed by atoms with Gasteiger partial charge in [0, 0.05) is 18.7 Å². The molecule has 0 bridgehead atoms. The van der Waals surface area contributed by atoms with Gasteiger partial charge < -0.3 is 14.7 Å². The van der Waals surface area contributed by atoms with Crippen molar-refractivity contribution >= 4 is 11.9 Å². The Balaban J connectivity index is 2.06. The van der Waals surface area contributed by atoms with Gasteiger partial charge in [0.2, 0.25) is 5.91 Å². The zero-order valence-electron chi connectivity index (χ0n) is 12.1. The molecule has 5 nitrogen and oxygen atoms in total. The number of carbonyl (C=O) groups excluding carboxylic acids is 1. The van der Waals surface area contributed by atoms with E-state index in [-0.39, 0.29) is 24.6 Å². The number of carbonyl (C=O) groups is 2. The van der Waals surface area contributed by atoms with Crippen molar-refractivity contribution in [3.63, 3.8) is 0 Å². The van der Waals surface area contributed by atoms with Crippen molar-refractivity contribution in [2.45, 2.75) is 26.4 Å². The summed E-state index contributed by atoms with van der Waals surface area (Å²) >= 11 is 0. The summed E-state index contributed by atoms with van der Waals surface area (Å²) in [4.78, 5) is 24.9. The average Bonchev–Trinajstić information content (AvgIpc) is 2.85. The van der Waals surface area contributed by atoms with E-state index in [1.807, 2.05) is 0 Å². The van der Waals surface area contributed by atoms with Crippen LogP contribution in [-0.4, -0.2) is 41.6 Å². The molecule has 1 amide bonds. The smallest absolute Gasteiger partial charge is 0.387 e. The number of rotatable bonds is 5. The molecule has 0 spiro atoms. The number of carboxylic acid groups (broad SMARTS) is 1. The van der Waals surface area contributed by atoms with Crippen LogP contribution in [0.25, 0.3) is 0 Å². The lowest BCUT2D eigenvalue weighted by Gasteiger charge is -2.20. The molecular formula is C15H17F2NO4. The highest BCUT2D eigenvalue weighted by atomic mass is 19.3. The molecule has 1 heterocycles. The monoisotopic (exact) mass is 313 g/mol. The standard InChI is InChI=1S/C15H17F2NO4/c1-15(13(20)21)6-7-18(9-15)12(19)8-10-4-2-3-5-11(10)22-14(16)17/h2-5,14H,6-9H2,1H3,(H,20,21). The Morgan fingerprint density at radius 1 is 1.41 bits per heavy atom. The second-order valence-corrected chi connectivity index (χ2v) is 5.59. The SMILES string of the molecule is CC1(C(=O)O)CCN(C(=O)Cc2ccccc2OC(F)F)C1. The van der Waals surface area contributed by atoms with Crippen LogP contribution in [0.4, 0.5) is 8.78 Å². The third-order valence-corrected chi connectivity index (χ3v) is 3.87. The second-order valence-electron chi connectivity index (χ2n) is 5.59. The number of hydrogen-bond acceptors (Lipinski definition) is 3. The summed E-state index contributed by atoms with van der Waals surface area (Å²) in [6.07, 6.45) is 0.280. The van der Waals surface area contributed by atoms with Crippen molar-refractivity contribution < 1.29 is 28.2 Å². The fourth-order valence-corrected chi connectivity index (χ4v) is 2.48. The minimum Gasteiger partial charge on any atom is -0.481 e. The first-order chi connectivity index (χ1) is 10.3. The van der Waals surface area contributed by atoms with Crippen LogP contribution in [0, 0.1) is 5.41 Å². The number of halogens is 2. The molecule has 0 aliphatic carbocycles. The predicted molar refractivity (Wildman–Crippen MR) is 73.7 cm³/mol. The first-order valence-electron chi connectivity index (χ1n) is 6.86. The summed E-state index contributed by atoms with van der Waals surface area (Å²) in [5.74, 6) is -1.27. The second kappa shape index (κ2) is 6.29. The van der Waals surface area contributed by atoms with Crippen LogP contribution in [0.15, 0.2) is 24.3 Å². The van der Waals surface area contributed by atoms with Gasteiger partial charge in [0.05, 0.1) is 11.8 Å². The highest BCUT2D eigenvalue weighted by molar-refractivity contribution is 5.82. The van der Waals surface area contributed by atoms with Gasteiger partial charge in [-0.05, 0) is 19.4 Å². The first-order valence-corrected chi connectivity index (χ1v) is 6.86. The summed E-state index contributed by atoms with van der Waals surface area (Å²) in [7, 11) is 0. The van der Waals surface area contributed by atoms with Gasteiger partial charge in [-0.1, -0.05) is 18.2 Å². The van der Waals surface area contributed by atoms with E-state index in [1.54, 1.807) is 25.1 Å². The maximum atomic E-state index is 12.3. The summed E-state index contributed by atoms with van der Waals surface area (Å²) in [6.45, 7) is -0.895. The Morgan fingerprint density at radius 2 is 2.09 bits per heavy atom. The lowest BCUT2D eigenvalue weighted by Crippen LogP contribution is -2.35. The molecule has 1 fully saturated rings. The molecular weight excluding hydrogens is 296 g/mol. The molecule has 1 atom stereocenters. The van der Waals surface area contributed by atoms with Gasteiger partial charge in [0.25, 0.3) is 0 Å². The number of hydrogen-bond donors (Lipinski definition) is 1. The molecule has 2 rings (SSSR count). The third-order valence-electron chi connectivity index (χ3n) is 3.87. The molecule has 1 saturated heterocycles. The van der Waals surface area contributed by atoms with Crippen molar-refractivity contribution in [1.82, 2.24) is 4.90 Å². The molecule has 1 aliphatic rings. The fraction of sp³-hybridized carbons (Fsp3) is 0.467. The summed E-state index contributed by atoms with van der Waals surface area (Å²) < 4.78 is 29.1. The topological polar surface area (TPSA) is 66.8 Å². The van der Waals surface area contributed by atoms with E-state index in [1.165, 1.54) is 11.0 Å². The van der Waals surface area contributed by atoms with Gasteiger partial charge in [-0.15, -0.1) is 0 Å². The molecule has 7 heteroatoms. The zero-order valence-corrected chi connectivity index (χ0v) is 12.1. The van der Waals surface area contributed by atoms with E-state index in [0.717, 1.165) is 0 Å². The Morgan fingerprint density at radius 3 is 2.68 bits per heavy atom. The number of benzene rings is 1. The lowest BCUT2D eigenvalue weighted by molar-refractivity contribution is -0.147. The van der Waals surface area contributed by atoms with E-state index < -0.39 is 18.0 Å². The zero-order chi connectivity index (χ0) is 16.3. The van der Waals surface area contributed by atoms with Crippen molar-refractivity contribution in [1.29, 1.82) is 0 Å². The van der Waals surface area contributed by atoms with Gasteiger partial charge in [0.1, 0.15) is 5.75 Å². The molecule has 0 aromatic heterocycles. The van der Waals surface area contributed by atoms with Crippen LogP contribution in [0.1, 0.15) is 18.9 Å². The van der Waals surface area contributed by atoms with Crippen molar-refractivity contribution in [3.05, 3.63) is 29.8 Å². The van der Waals surface area contributed by atoms with Crippen LogP contribution in [0.5, 0.6) is 5.75 Å². The number of nitrogens with zero attached hydrogens (tertiary/aromatic N) is 1. The highest BCUT2D eigenvalue weighted by Gasteiger charge is 2.42. The Kier molecular flexibility index (Phi) is 4.63. The van der Waals surface area contributed by atoms with Gasteiger partial charge in [-0.3, -0.25) is 9.59 Å². The van der Waals surface area contributed by atoms with Crippen molar-refractivity contribution in [2.24, 2.45) is 5.41 Å². The normalized spacial score (nSPS) is 21.2. The van der Waals surface area contributed by atoms with Gasteiger partial charge >= 0.3 is 12.6 Å². The van der Waals surface area contributed by atoms with Gasteiger partial charge in [-0.25, -0.2) is 0 Å². The first kappa shape index (κ1) is 16.2. The summed E-state index contributed by atoms with van der Waals surface area (Å²) in [5, 5.41) is 9.16. The molecule has 0 radical (unpaired) electrons. The molecule has 1 aromatic carbocycles. The van der Waals surface area contributed by atoms with Crippen LogP contribution in [0.2, 0.25) is 0 Å². The number of amides is 1. The number of ether oxygens (including phenoxy) is 1. The number of likely N-dealkylation sites (tertiary alicyclic amines) is 1. The van der Waals surface area contributed by atoms with E-state index in [0.29, 0.717) is 18.5 Å². The quantitative estimate of drug-likeness (QED) is 0.904. The number of para-hydroxylation sites is 1. The van der Waals surface area contributed by atoms with Gasteiger partial charge in [0.15, 0.2) is 0 Å². The largest absolute Gasteiger partial charge is 0.481 e. The van der Waals surface area contributed by atoms with Crippen LogP contribution in [0.3, 0.4) is 0 Å². The number of alkyl halides is 2. The molecule has 1 N–H and O–H groups in total. The third kappa shape index (κ3) is 3.52. The Bertz CT molecular complexity index is 578. The van der Waals surface area contributed by atoms with Crippen molar-refractivity contribution in [3.8, 4) is 5.75 Å². The Hall–Kier alpha value is -2.18. The van der Waals surface area contributed by atoms with Crippen LogP contribution in [-0.2, 0) is 16.0 Å². The minimum absolute atomic E-state index is 0.0361. The average molecular weight is 313 g/mol. The minimum atomic E-state index is -2.96.